The average Bonchev–Trinajstić information content (AvgIpc) is 2.68. The van der Waals surface area contributed by atoms with E-state index in [-0.39, 0.29) is 12.5 Å². The number of rotatable bonds is 6. The van der Waals surface area contributed by atoms with Crippen molar-refractivity contribution in [3.63, 3.8) is 0 Å². The molecular formula is C21H24N2O4. The molecule has 27 heavy (non-hydrogen) atoms. The molecule has 0 saturated carbocycles. The van der Waals surface area contributed by atoms with E-state index in [0.717, 1.165) is 30.8 Å². The lowest BCUT2D eigenvalue weighted by atomic mass is 10.1. The predicted octanol–water partition coefficient (Wildman–Crippen LogP) is 2.42. The number of carbonyl (C=O) groups is 2. The highest BCUT2D eigenvalue weighted by Crippen LogP contribution is 2.13. The van der Waals surface area contributed by atoms with Gasteiger partial charge in [-0.25, -0.2) is 4.79 Å². The summed E-state index contributed by atoms with van der Waals surface area (Å²) >= 11 is 0. The smallest absolute Gasteiger partial charge is 0.335 e. The van der Waals surface area contributed by atoms with Crippen LogP contribution in [0.3, 0.4) is 0 Å². The van der Waals surface area contributed by atoms with Crippen molar-refractivity contribution >= 4 is 11.9 Å². The molecule has 0 aliphatic carbocycles. The topological polar surface area (TPSA) is 70.1 Å². The van der Waals surface area contributed by atoms with E-state index < -0.39 is 5.97 Å². The molecule has 1 fully saturated rings. The number of hydrogen-bond donors (Lipinski definition) is 1. The van der Waals surface area contributed by atoms with Gasteiger partial charge in [0, 0.05) is 32.7 Å². The second-order valence-corrected chi connectivity index (χ2v) is 6.76. The standard InChI is InChI=1S/C21H24N2O4/c1-16-2-8-19(9-3-16)27-15-20(24)23-12-10-22(11-13-23)14-17-4-6-18(7-5-17)21(25)26/h2-9H,10-15H2,1H3,(H,25,26). The summed E-state index contributed by atoms with van der Waals surface area (Å²) in [5, 5.41) is 8.95. The monoisotopic (exact) mass is 368 g/mol. The van der Waals surface area contributed by atoms with Crippen molar-refractivity contribution in [2.75, 3.05) is 32.8 Å². The molecular weight excluding hydrogens is 344 g/mol. The van der Waals surface area contributed by atoms with Crippen molar-refractivity contribution in [1.82, 2.24) is 9.80 Å². The van der Waals surface area contributed by atoms with Crippen LogP contribution in [0.1, 0.15) is 21.5 Å². The summed E-state index contributed by atoms with van der Waals surface area (Å²) in [7, 11) is 0. The first-order valence-corrected chi connectivity index (χ1v) is 9.03. The third-order valence-corrected chi connectivity index (χ3v) is 4.72. The summed E-state index contributed by atoms with van der Waals surface area (Å²) in [5.74, 6) is -0.208. The van der Waals surface area contributed by atoms with Crippen molar-refractivity contribution in [3.05, 3.63) is 65.2 Å². The van der Waals surface area contributed by atoms with E-state index in [2.05, 4.69) is 4.90 Å². The Labute approximate surface area is 159 Å². The Morgan fingerprint density at radius 2 is 1.59 bits per heavy atom. The van der Waals surface area contributed by atoms with Crippen LogP contribution in [0.15, 0.2) is 48.5 Å². The number of amides is 1. The summed E-state index contributed by atoms with van der Waals surface area (Å²) in [6.07, 6.45) is 0. The summed E-state index contributed by atoms with van der Waals surface area (Å²) in [5.41, 5.74) is 2.52. The zero-order chi connectivity index (χ0) is 19.2. The Morgan fingerprint density at radius 1 is 0.963 bits per heavy atom. The van der Waals surface area contributed by atoms with Crippen LogP contribution in [0.2, 0.25) is 0 Å². The highest BCUT2D eigenvalue weighted by molar-refractivity contribution is 5.87. The fourth-order valence-electron chi connectivity index (χ4n) is 3.04. The molecule has 142 valence electrons. The summed E-state index contributed by atoms with van der Waals surface area (Å²) in [4.78, 5) is 27.3. The molecule has 0 spiro atoms. The number of hydrogen-bond acceptors (Lipinski definition) is 4. The number of nitrogens with zero attached hydrogens (tertiary/aromatic N) is 2. The second-order valence-electron chi connectivity index (χ2n) is 6.76. The fourth-order valence-corrected chi connectivity index (χ4v) is 3.04. The molecule has 0 aromatic heterocycles. The quantitative estimate of drug-likeness (QED) is 0.848. The molecule has 1 N–H and O–H groups in total. The van der Waals surface area contributed by atoms with Crippen LogP contribution in [0.5, 0.6) is 5.75 Å². The number of aromatic carboxylic acids is 1. The van der Waals surface area contributed by atoms with Crippen molar-refractivity contribution in [3.8, 4) is 5.75 Å². The summed E-state index contributed by atoms with van der Waals surface area (Å²) in [6.45, 7) is 5.73. The number of carboxylic acid groups (broad SMARTS) is 1. The van der Waals surface area contributed by atoms with Gasteiger partial charge in [-0.15, -0.1) is 0 Å². The number of carbonyl (C=O) groups excluding carboxylic acids is 1. The first kappa shape index (κ1) is 18.9. The van der Waals surface area contributed by atoms with E-state index in [1.54, 1.807) is 12.1 Å². The minimum Gasteiger partial charge on any atom is -0.484 e. The van der Waals surface area contributed by atoms with E-state index in [9.17, 15) is 9.59 Å². The third-order valence-electron chi connectivity index (χ3n) is 4.72. The number of carboxylic acids is 1. The van der Waals surface area contributed by atoms with Gasteiger partial charge in [-0.1, -0.05) is 29.8 Å². The molecule has 1 saturated heterocycles. The molecule has 6 heteroatoms. The highest BCUT2D eigenvalue weighted by Gasteiger charge is 2.21. The molecule has 0 atom stereocenters. The fraction of sp³-hybridized carbons (Fsp3) is 0.333. The first-order valence-electron chi connectivity index (χ1n) is 9.03. The van der Waals surface area contributed by atoms with Crippen LogP contribution < -0.4 is 4.74 Å². The number of benzene rings is 2. The van der Waals surface area contributed by atoms with Gasteiger partial charge in [-0.2, -0.15) is 0 Å². The minimum absolute atomic E-state index is 0.000959. The summed E-state index contributed by atoms with van der Waals surface area (Å²) < 4.78 is 5.58. The molecule has 2 aromatic rings. The van der Waals surface area contributed by atoms with E-state index in [1.165, 1.54) is 0 Å². The van der Waals surface area contributed by atoms with E-state index in [0.29, 0.717) is 24.4 Å². The van der Waals surface area contributed by atoms with Crippen LogP contribution in [-0.2, 0) is 11.3 Å². The molecule has 1 aliphatic rings. The van der Waals surface area contributed by atoms with Gasteiger partial charge >= 0.3 is 5.97 Å². The molecule has 2 aromatic carbocycles. The SMILES string of the molecule is Cc1ccc(OCC(=O)N2CCN(Cc3ccc(C(=O)O)cc3)CC2)cc1. The zero-order valence-electron chi connectivity index (χ0n) is 15.4. The molecule has 3 rings (SSSR count). The van der Waals surface area contributed by atoms with Crippen LogP contribution in [0, 0.1) is 6.92 Å². The largest absolute Gasteiger partial charge is 0.484 e. The van der Waals surface area contributed by atoms with Crippen LogP contribution in [0.25, 0.3) is 0 Å². The number of piperazine rings is 1. The Kier molecular flexibility index (Phi) is 6.08. The van der Waals surface area contributed by atoms with Gasteiger partial charge in [0.1, 0.15) is 5.75 Å². The lowest BCUT2D eigenvalue weighted by Gasteiger charge is -2.34. The Morgan fingerprint density at radius 3 is 2.19 bits per heavy atom. The maximum atomic E-state index is 12.3. The van der Waals surface area contributed by atoms with Crippen LogP contribution in [0.4, 0.5) is 0 Å². The van der Waals surface area contributed by atoms with E-state index in [1.807, 2.05) is 48.2 Å². The van der Waals surface area contributed by atoms with Crippen LogP contribution in [-0.4, -0.2) is 59.6 Å². The van der Waals surface area contributed by atoms with Crippen molar-refractivity contribution < 1.29 is 19.4 Å². The van der Waals surface area contributed by atoms with Gasteiger partial charge in [0.2, 0.25) is 0 Å². The molecule has 6 nitrogen and oxygen atoms in total. The zero-order valence-corrected chi connectivity index (χ0v) is 15.4. The van der Waals surface area contributed by atoms with E-state index >= 15 is 0 Å². The predicted molar refractivity (Wildman–Crippen MR) is 102 cm³/mol. The summed E-state index contributed by atoms with van der Waals surface area (Å²) in [6, 6.07) is 14.6. The second kappa shape index (κ2) is 8.68. The van der Waals surface area contributed by atoms with Crippen molar-refractivity contribution in [2.24, 2.45) is 0 Å². The lowest BCUT2D eigenvalue weighted by Crippen LogP contribution is -2.49. The minimum atomic E-state index is -0.915. The Bertz CT molecular complexity index is 779. The van der Waals surface area contributed by atoms with Gasteiger partial charge in [0.25, 0.3) is 5.91 Å². The van der Waals surface area contributed by atoms with Crippen molar-refractivity contribution in [1.29, 1.82) is 0 Å². The molecule has 1 amide bonds. The third kappa shape index (κ3) is 5.31. The maximum absolute atomic E-state index is 12.3. The normalized spacial score (nSPS) is 14.8. The molecule has 1 aliphatic heterocycles. The first-order chi connectivity index (χ1) is 13.0. The van der Waals surface area contributed by atoms with Gasteiger partial charge in [-0.3, -0.25) is 9.69 Å². The Balaban J connectivity index is 1.43. The molecule has 1 heterocycles. The highest BCUT2D eigenvalue weighted by atomic mass is 16.5. The average molecular weight is 368 g/mol. The van der Waals surface area contributed by atoms with Crippen LogP contribution >= 0.6 is 0 Å². The van der Waals surface area contributed by atoms with Gasteiger partial charge in [0.15, 0.2) is 6.61 Å². The van der Waals surface area contributed by atoms with Gasteiger partial charge < -0.3 is 14.7 Å². The molecule has 0 bridgehead atoms. The maximum Gasteiger partial charge on any atom is 0.335 e. The van der Waals surface area contributed by atoms with Gasteiger partial charge in [-0.05, 0) is 36.8 Å². The van der Waals surface area contributed by atoms with E-state index in [4.69, 9.17) is 9.84 Å². The molecule has 0 radical (unpaired) electrons. The van der Waals surface area contributed by atoms with Crippen molar-refractivity contribution in [2.45, 2.75) is 13.5 Å². The van der Waals surface area contributed by atoms with Gasteiger partial charge in [0.05, 0.1) is 5.56 Å². The number of aryl methyl sites for hydroxylation is 1. The lowest BCUT2D eigenvalue weighted by molar-refractivity contribution is -0.135. The Hall–Kier alpha value is -2.86. The number of ether oxygens (including phenoxy) is 1. The molecule has 0 unspecified atom stereocenters.